The number of nitrogens with two attached hydrogens (primary N) is 1. The summed E-state index contributed by atoms with van der Waals surface area (Å²) in [5.74, 6) is -1.19. The average molecular weight is 317 g/mol. The van der Waals surface area contributed by atoms with E-state index in [2.05, 4.69) is 31.2 Å². The van der Waals surface area contributed by atoms with Gasteiger partial charge in [-0.1, -0.05) is 11.3 Å². The lowest BCUT2D eigenvalue weighted by Crippen LogP contribution is -2.15. The molecule has 2 rings (SSSR count). The smallest absolute Gasteiger partial charge is 0.261 e. The number of rotatable bonds is 2. The van der Waals surface area contributed by atoms with E-state index >= 15 is 0 Å². The Morgan fingerprint density at radius 3 is 2.88 bits per heavy atom. The summed E-state index contributed by atoms with van der Waals surface area (Å²) in [7, 11) is 0. The Kier molecular flexibility index (Phi) is 3.34. The Balaban J connectivity index is 2.22. The third-order valence-corrected chi connectivity index (χ3v) is 3.22. The Morgan fingerprint density at radius 1 is 1.47 bits per heavy atom. The van der Waals surface area contributed by atoms with E-state index < -0.39 is 11.7 Å². The van der Waals surface area contributed by atoms with Crippen LogP contribution in [0.3, 0.4) is 0 Å². The number of nitrogens with one attached hydrogen (secondary N) is 1. The summed E-state index contributed by atoms with van der Waals surface area (Å²) >= 11 is 4.45. The number of carbonyl (C=O) groups is 1. The number of carbonyl (C=O) groups excluding carboxylic acids is 1. The van der Waals surface area contributed by atoms with Crippen molar-refractivity contribution in [2.75, 3.05) is 11.1 Å². The molecule has 0 fully saturated rings. The number of nitrogen functional groups attached to an aromatic ring is 1. The van der Waals surface area contributed by atoms with Crippen molar-refractivity contribution in [1.29, 1.82) is 0 Å². The predicted octanol–water partition coefficient (Wildman–Crippen LogP) is 2.27. The van der Waals surface area contributed by atoms with Gasteiger partial charge in [0, 0.05) is 0 Å². The molecule has 17 heavy (non-hydrogen) atoms. The molecule has 88 valence electrons. The minimum atomic E-state index is -0.621. The topological polar surface area (TPSA) is 80.9 Å². The monoisotopic (exact) mass is 316 g/mol. The van der Waals surface area contributed by atoms with E-state index in [1.807, 2.05) is 0 Å². The van der Waals surface area contributed by atoms with Gasteiger partial charge >= 0.3 is 0 Å². The first-order chi connectivity index (χ1) is 8.06. The van der Waals surface area contributed by atoms with Crippen LogP contribution in [0.15, 0.2) is 22.2 Å². The van der Waals surface area contributed by atoms with E-state index in [9.17, 15) is 9.18 Å². The van der Waals surface area contributed by atoms with Crippen LogP contribution in [0.2, 0.25) is 0 Å². The molecule has 2 heterocycles. The molecule has 8 heteroatoms. The number of halogens is 2. The zero-order chi connectivity index (χ0) is 12.4. The molecule has 0 aliphatic rings. The van der Waals surface area contributed by atoms with Crippen LogP contribution in [0.5, 0.6) is 0 Å². The van der Waals surface area contributed by atoms with Gasteiger partial charge in [-0.3, -0.25) is 10.1 Å². The molecular formula is C9H6BrFN4OS. The molecule has 3 N–H and O–H groups in total. The first-order valence-electron chi connectivity index (χ1n) is 4.40. The number of nitrogens with zero attached hydrogens (tertiary/aromatic N) is 2. The second-order valence-electron chi connectivity index (χ2n) is 3.01. The number of hydrogen-bond donors (Lipinski definition) is 2. The number of hydrogen-bond acceptors (Lipinski definition) is 5. The minimum Gasteiger partial charge on any atom is -0.383 e. The van der Waals surface area contributed by atoms with Gasteiger partial charge in [0.1, 0.15) is 11.6 Å². The number of anilines is 2. The SMILES string of the molecule is Nc1ncc(F)cc1C(=O)Nc1ncc(Br)s1. The Morgan fingerprint density at radius 2 is 2.24 bits per heavy atom. The molecule has 1 amide bonds. The summed E-state index contributed by atoms with van der Waals surface area (Å²) in [6, 6.07) is 1.03. The second kappa shape index (κ2) is 4.76. The van der Waals surface area contributed by atoms with Crippen LogP contribution in [0, 0.1) is 5.82 Å². The normalized spacial score (nSPS) is 10.2. The van der Waals surface area contributed by atoms with E-state index in [0.717, 1.165) is 16.0 Å². The van der Waals surface area contributed by atoms with Gasteiger partial charge in [-0.15, -0.1) is 0 Å². The minimum absolute atomic E-state index is 0.0173. The van der Waals surface area contributed by atoms with Crippen molar-refractivity contribution < 1.29 is 9.18 Å². The van der Waals surface area contributed by atoms with Gasteiger partial charge in [0.25, 0.3) is 5.91 Å². The highest BCUT2D eigenvalue weighted by molar-refractivity contribution is 9.11. The molecule has 5 nitrogen and oxygen atoms in total. The van der Waals surface area contributed by atoms with Crippen molar-refractivity contribution in [2.45, 2.75) is 0 Å². The summed E-state index contributed by atoms with van der Waals surface area (Å²) in [6.45, 7) is 0. The fourth-order valence-electron chi connectivity index (χ4n) is 1.11. The predicted molar refractivity (Wildman–Crippen MR) is 66.4 cm³/mol. The first-order valence-corrected chi connectivity index (χ1v) is 6.01. The number of amides is 1. The van der Waals surface area contributed by atoms with E-state index in [1.54, 1.807) is 6.20 Å². The Labute approximate surface area is 108 Å². The van der Waals surface area contributed by atoms with E-state index in [4.69, 9.17) is 5.73 Å². The molecule has 0 aromatic carbocycles. The molecule has 2 aromatic heterocycles. The third kappa shape index (κ3) is 2.77. The van der Waals surface area contributed by atoms with Crippen molar-refractivity contribution in [3.8, 4) is 0 Å². The van der Waals surface area contributed by atoms with Crippen molar-refractivity contribution in [3.05, 3.63) is 33.6 Å². The molecule has 0 saturated carbocycles. The van der Waals surface area contributed by atoms with Crippen molar-refractivity contribution in [2.24, 2.45) is 0 Å². The maximum absolute atomic E-state index is 12.9. The molecule has 0 atom stereocenters. The average Bonchev–Trinajstić information content (AvgIpc) is 2.67. The first kappa shape index (κ1) is 11.9. The third-order valence-electron chi connectivity index (χ3n) is 1.83. The molecule has 0 unspecified atom stereocenters. The molecule has 0 spiro atoms. The lowest BCUT2D eigenvalue weighted by atomic mass is 10.2. The highest BCUT2D eigenvalue weighted by atomic mass is 79.9. The van der Waals surface area contributed by atoms with Gasteiger partial charge in [-0.25, -0.2) is 14.4 Å². The largest absolute Gasteiger partial charge is 0.383 e. The van der Waals surface area contributed by atoms with Gasteiger partial charge in [-0.05, 0) is 22.0 Å². The van der Waals surface area contributed by atoms with Crippen LogP contribution in [-0.2, 0) is 0 Å². The highest BCUT2D eigenvalue weighted by Crippen LogP contribution is 2.24. The zero-order valence-corrected chi connectivity index (χ0v) is 10.7. The van der Waals surface area contributed by atoms with E-state index in [0.29, 0.717) is 5.13 Å². The maximum atomic E-state index is 12.9. The van der Waals surface area contributed by atoms with Crippen LogP contribution in [0.4, 0.5) is 15.3 Å². The summed E-state index contributed by atoms with van der Waals surface area (Å²) in [5, 5.41) is 2.89. The van der Waals surface area contributed by atoms with Gasteiger partial charge in [0.15, 0.2) is 5.13 Å². The van der Waals surface area contributed by atoms with Crippen LogP contribution < -0.4 is 11.1 Å². The number of aromatic nitrogens is 2. The highest BCUT2D eigenvalue weighted by Gasteiger charge is 2.13. The van der Waals surface area contributed by atoms with Crippen molar-refractivity contribution >= 4 is 44.1 Å². The van der Waals surface area contributed by atoms with Crippen LogP contribution in [0.1, 0.15) is 10.4 Å². The van der Waals surface area contributed by atoms with Crippen LogP contribution >= 0.6 is 27.3 Å². The molecule has 0 radical (unpaired) electrons. The maximum Gasteiger partial charge on any atom is 0.261 e. The lowest BCUT2D eigenvalue weighted by Gasteiger charge is -2.03. The molecule has 0 bridgehead atoms. The second-order valence-corrected chi connectivity index (χ2v) is 5.42. The summed E-state index contributed by atoms with van der Waals surface area (Å²) in [6.07, 6.45) is 2.50. The Bertz CT molecular complexity index is 574. The fourth-order valence-corrected chi connectivity index (χ4v) is 2.21. The Hall–Kier alpha value is -1.54. The van der Waals surface area contributed by atoms with Gasteiger partial charge < -0.3 is 5.73 Å². The molecule has 0 saturated heterocycles. The summed E-state index contributed by atoms with van der Waals surface area (Å²) in [4.78, 5) is 19.2. The van der Waals surface area contributed by atoms with Gasteiger partial charge in [0.2, 0.25) is 0 Å². The molecule has 2 aromatic rings. The zero-order valence-electron chi connectivity index (χ0n) is 8.28. The summed E-state index contributed by atoms with van der Waals surface area (Å²) in [5.41, 5.74) is 5.47. The van der Waals surface area contributed by atoms with E-state index in [1.165, 1.54) is 11.3 Å². The fraction of sp³-hybridized carbons (Fsp3) is 0. The van der Waals surface area contributed by atoms with Crippen LogP contribution in [0.25, 0.3) is 0 Å². The number of thiazole rings is 1. The number of pyridine rings is 1. The molecule has 0 aliphatic heterocycles. The van der Waals surface area contributed by atoms with E-state index in [-0.39, 0.29) is 11.4 Å². The van der Waals surface area contributed by atoms with Crippen LogP contribution in [-0.4, -0.2) is 15.9 Å². The molecule has 0 aliphatic carbocycles. The quantitative estimate of drug-likeness (QED) is 0.890. The molecular weight excluding hydrogens is 311 g/mol. The van der Waals surface area contributed by atoms with Gasteiger partial charge in [0.05, 0.1) is 21.7 Å². The summed E-state index contributed by atoms with van der Waals surface area (Å²) < 4.78 is 13.7. The van der Waals surface area contributed by atoms with Crippen molar-refractivity contribution in [3.63, 3.8) is 0 Å². The van der Waals surface area contributed by atoms with Gasteiger partial charge in [-0.2, -0.15) is 0 Å². The van der Waals surface area contributed by atoms with Crippen molar-refractivity contribution in [1.82, 2.24) is 9.97 Å². The standard InChI is InChI=1S/C9H6BrFN4OS/c10-6-3-14-9(17-6)15-8(16)5-1-4(11)2-13-7(5)12/h1-3H,(H2,12,13)(H,14,15,16). The lowest BCUT2D eigenvalue weighted by molar-refractivity contribution is 0.102.